The van der Waals surface area contributed by atoms with Gasteiger partial charge in [-0.3, -0.25) is 9.59 Å². The summed E-state index contributed by atoms with van der Waals surface area (Å²) in [5.74, 6) is -1.62. The van der Waals surface area contributed by atoms with Crippen LogP contribution in [0.25, 0.3) is 0 Å². The molecule has 8 heteroatoms. The van der Waals surface area contributed by atoms with Crippen molar-refractivity contribution in [2.45, 2.75) is 26.4 Å². The van der Waals surface area contributed by atoms with Crippen LogP contribution < -0.4 is 5.32 Å². The zero-order valence-electron chi connectivity index (χ0n) is 13.3. The van der Waals surface area contributed by atoms with Crippen LogP contribution in [0.15, 0.2) is 29.7 Å². The molecule has 2 rings (SSSR count). The molecule has 2 atom stereocenters. The fourth-order valence-corrected chi connectivity index (χ4v) is 3.81. The summed E-state index contributed by atoms with van der Waals surface area (Å²) in [4.78, 5) is 24.0. The monoisotopic (exact) mass is 371 g/mol. The third-order valence-electron chi connectivity index (χ3n) is 3.57. The first-order valence-corrected chi connectivity index (χ1v) is 9.43. The van der Waals surface area contributed by atoms with E-state index < -0.39 is 33.7 Å². The molecule has 0 saturated carbocycles. The molecule has 0 bridgehead atoms. The van der Waals surface area contributed by atoms with Gasteiger partial charge >= 0.3 is 5.97 Å². The normalized spacial score (nSPS) is 19.7. The lowest BCUT2D eigenvalue weighted by Crippen LogP contribution is -2.30. The number of carbonyl (C=O) groups is 2. The molecule has 1 aliphatic heterocycles. The van der Waals surface area contributed by atoms with E-state index in [0.717, 1.165) is 11.0 Å². The minimum Gasteiger partial charge on any atom is -0.453 e. The molecular formula is C16H18ClNO5S. The van der Waals surface area contributed by atoms with Crippen molar-refractivity contribution in [3.8, 4) is 0 Å². The number of halogens is 1. The molecular weight excluding hydrogens is 354 g/mol. The number of sulfone groups is 1. The third kappa shape index (κ3) is 5.07. The number of rotatable bonds is 5. The lowest BCUT2D eigenvalue weighted by molar-refractivity contribution is -0.153. The molecule has 130 valence electrons. The second-order valence-electron chi connectivity index (χ2n) is 5.70. The Morgan fingerprint density at radius 1 is 1.42 bits per heavy atom. The molecule has 0 fully saturated rings. The van der Waals surface area contributed by atoms with Crippen LogP contribution in [0.4, 0.5) is 5.69 Å². The van der Waals surface area contributed by atoms with Gasteiger partial charge in [-0.1, -0.05) is 23.7 Å². The van der Waals surface area contributed by atoms with Crippen molar-refractivity contribution in [1.82, 2.24) is 0 Å². The Morgan fingerprint density at radius 2 is 2.12 bits per heavy atom. The SMILES string of the molecule is Cc1ccc(Cl)cc1NC(=O)C(C)OC(=O)CC1C=CS(=O)(=O)C1. The van der Waals surface area contributed by atoms with E-state index in [9.17, 15) is 18.0 Å². The minimum absolute atomic E-state index is 0.0798. The lowest BCUT2D eigenvalue weighted by Gasteiger charge is -2.15. The van der Waals surface area contributed by atoms with E-state index in [4.69, 9.17) is 16.3 Å². The molecule has 0 radical (unpaired) electrons. The Kier molecular flexibility index (Phi) is 5.66. The van der Waals surface area contributed by atoms with Crippen LogP contribution in [0.2, 0.25) is 5.02 Å². The van der Waals surface area contributed by atoms with Crippen LogP contribution in [-0.4, -0.2) is 32.2 Å². The maximum atomic E-state index is 12.1. The van der Waals surface area contributed by atoms with Crippen LogP contribution in [0.1, 0.15) is 18.9 Å². The van der Waals surface area contributed by atoms with Crippen LogP contribution in [-0.2, 0) is 24.2 Å². The molecule has 1 aromatic carbocycles. The van der Waals surface area contributed by atoms with E-state index in [1.165, 1.54) is 13.0 Å². The van der Waals surface area contributed by atoms with Crippen molar-refractivity contribution in [1.29, 1.82) is 0 Å². The van der Waals surface area contributed by atoms with Crippen molar-refractivity contribution in [2.24, 2.45) is 5.92 Å². The maximum Gasteiger partial charge on any atom is 0.307 e. The first-order chi connectivity index (χ1) is 11.2. The van der Waals surface area contributed by atoms with Crippen molar-refractivity contribution in [2.75, 3.05) is 11.1 Å². The van der Waals surface area contributed by atoms with Gasteiger partial charge in [-0.15, -0.1) is 0 Å². The van der Waals surface area contributed by atoms with Gasteiger partial charge in [0.25, 0.3) is 5.91 Å². The Labute approximate surface area is 145 Å². The molecule has 0 aromatic heterocycles. The Morgan fingerprint density at radius 3 is 2.75 bits per heavy atom. The molecule has 1 N–H and O–H groups in total. The number of nitrogens with one attached hydrogen (secondary N) is 1. The highest BCUT2D eigenvalue weighted by atomic mass is 35.5. The molecule has 1 aromatic rings. The van der Waals surface area contributed by atoms with Gasteiger partial charge in [0, 0.05) is 22.0 Å². The van der Waals surface area contributed by atoms with Crippen molar-refractivity contribution >= 4 is 39.0 Å². The average molecular weight is 372 g/mol. The standard InChI is InChI=1S/C16H18ClNO5S/c1-10-3-4-13(17)8-14(10)18-16(20)11(2)23-15(19)7-12-5-6-24(21,22)9-12/h3-6,8,11-12H,7,9H2,1-2H3,(H,18,20). The number of anilines is 1. The summed E-state index contributed by atoms with van der Waals surface area (Å²) in [6.45, 7) is 3.27. The summed E-state index contributed by atoms with van der Waals surface area (Å²) in [5, 5.41) is 4.23. The Hall–Kier alpha value is -1.86. The fourth-order valence-electron chi connectivity index (χ4n) is 2.24. The van der Waals surface area contributed by atoms with Gasteiger partial charge in [0.05, 0.1) is 12.2 Å². The molecule has 0 spiro atoms. The summed E-state index contributed by atoms with van der Waals surface area (Å²) in [5.41, 5.74) is 1.37. The van der Waals surface area contributed by atoms with Crippen LogP contribution >= 0.6 is 11.6 Å². The van der Waals surface area contributed by atoms with E-state index in [1.54, 1.807) is 18.2 Å². The highest BCUT2D eigenvalue weighted by Crippen LogP contribution is 2.21. The number of benzene rings is 1. The van der Waals surface area contributed by atoms with Gasteiger partial charge in [0.15, 0.2) is 15.9 Å². The van der Waals surface area contributed by atoms with Gasteiger partial charge in [0.2, 0.25) is 0 Å². The number of hydrogen-bond donors (Lipinski definition) is 1. The lowest BCUT2D eigenvalue weighted by atomic mass is 10.1. The van der Waals surface area contributed by atoms with E-state index >= 15 is 0 Å². The largest absolute Gasteiger partial charge is 0.453 e. The number of esters is 1. The summed E-state index contributed by atoms with van der Waals surface area (Å²) >= 11 is 5.89. The van der Waals surface area contributed by atoms with E-state index in [1.807, 2.05) is 6.92 Å². The number of amides is 1. The molecule has 2 unspecified atom stereocenters. The summed E-state index contributed by atoms with van der Waals surface area (Å²) < 4.78 is 27.7. The first kappa shape index (κ1) is 18.5. The van der Waals surface area contributed by atoms with E-state index in [0.29, 0.717) is 10.7 Å². The predicted molar refractivity (Wildman–Crippen MR) is 91.4 cm³/mol. The van der Waals surface area contributed by atoms with E-state index in [2.05, 4.69) is 5.32 Å². The number of carbonyl (C=O) groups excluding carboxylic acids is 2. The molecule has 1 amide bonds. The third-order valence-corrected chi connectivity index (χ3v) is 5.27. The topological polar surface area (TPSA) is 89.5 Å². The minimum atomic E-state index is -3.22. The summed E-state index contributed by atoms with van der Waals surface area (Å²) in [7, 11) is -3.22. The zero-order valence-corrected chi connectivity index (χ0v) is 14.9. The van der Waals surface area contributed by atoms with Crippen LogP contribution in [0, 0.1) is 12.8 Å². The molecule has 6 nitrogen and oxygen atoms in total. The predicted octanol–water partition coefficient (Wildman–Crippen LogP) is 2.47. The molecule has 1 aliphatic rings. The van der Waals surface area contributed by atoms with Gasteiger partial charge < -0.3 is 10.1 Å². The second kappa shape index (κ2) is 7.36. The maximum absolute atomic E-state index is 12.1. The number of aryl methyl sites for hydroxylation is 1. The fraction of sp³-hybridized carbons (Fsp3) is 0.375. The van der Waals surface area contributed by atoms with Gasteiger partial charge in [-0.05, 0) is 31.5 Å². The first-order valence-electron chi connectivity index (χ1n) is 7.34. The van der Waals surface area contributed by atoms with Gasteiger partial charge in [0.1, 0.15) is 0 Å². The van der Waals surface area contributed by atoms with Crippen molar-refractivity contribution < 1.29 is 22.7 Å². The van der Waals surface area contributed by atoms with Crippen LogP contribution in [0.5, 0.6) is 0 Å². The number of hydrogen-bond acceptors (Lipinski definition) is 5. The zero-order chi connectivity index (χ0) is 17.9. The summed E-state index contributed by atoms with van der Waals surface area (Å²) in [6, 6.07) is 5.08. The Balaban J connectivity index is 1.88. The van der Waals surface area contributed by atoms with E-state index in [-0.39, 0.29) is 12.2 Å². The quantitative estimate of drug-likeness (QED) is 0.803. The number of allylic oxidation sites excluding steroid dienone is 1. The molecule has 0 saturated heterocycles. The van der Waals surface area contributed by atoms with Crippen molar-refractivity contribution in [3.05, 3.63) is 40.3 Å². The molecule has 24 heavy (non-hydrogen) atoms. The highest BCUT2D eigenvalue weighted by molar-refractivity contribution is 7.94. The molecule has 1 heterocycles. The van der Waals surface area contributed by atoms with Gasteiger partial charge in [-0.25, -0.2) is 8.42 Å². The average Bonchev–Trinajstić information content (AvgIpc) is 2.81. The van der Waals surface area contributed by atoms with Gasteiger partial charge in [-0.2, -0.15) is 0 Å². The highest BCUT2D eigenvalue weighted by Gasteiger charge is 2.26. The number of ether oxygens (including phenoxy) is 1. The molecule has 0 aliphatic carbocycles. The smallest absolute Gasteiger partial charge is 0.307 e. The van der Waals surface area contributed by atoms with Crippen molar-refractivity contribution in [3.63, 3.8) is 0 Å². The Bertz CT molecular complexity index is 788. The van der Waals surface area contributed by atoms with Crippen LogP contribution in [0.3, 0.4) is 0 Å². The summed E-state index contributed by atoms with van der Waals surface area (Å²) in [6.07, 6.45) is 0.387. The second-order valence-corrected chi connectivity index (χ2v) is 8.07.